The number of sulfone groups is 1. The number of ether oxygens (including phenoxy) is 1. The van der Waals surface area contributed by atoms with Crippen molar-refractivity contribution in [2.75, 3.05) is 7.11 Å². The van der Waals surface area contributed by atoms with Gasteiger partial charge in [-0.1, -0.05) is 26.8 Å². The van der Waals surface area contributed by atoms with E-state index in [1.165, 1.54) is 7.11 Å². The second kappa shape index (κ2) is 6.28. The quantitative estimate of drug-likeness (QED) is 0.859. The van der Waals surface area contributed by atoms with Crippen LogP contribution in [0.3, 0.4) is 0 Å². The first-order chi connectivity index (χ1) is 10.6. The molecule has 2 rings (SSSR count). The Morgan fingerprint density at radius 1 is 1.22 bits per heavy atom. The Kier molecular flexibility index (Phi) is 4.75. The second-order valence-electron chi connectivity index (χ2n) is 6.45. The van der Waals surface area contributed by atoms with Crippen molar-refractivity contribution in [1.29, 1.82) is 0 Å². The predicted octanol–water partition coefficient (Wildman–Crippen LogP) is 3.07. The maximum Gasteiger partial charge on any atom is 0.185 e. The highest BCUT2D eigenvalue weighted by Gasteiger charge is 2.26. The van der Waals surface area contributed by atoms with E-state index in [2.05, 4.69) is 9.97 Å². The molecule has 2 aromatic rings. The van der Waals surface area contributed by atoms with Crippen LogP contribution >= 0.6 is 0 Å². The van der Waals surface area contributed by atoms with E-state index >= 15 is 0 Å². The number of rotatable bonds is 4. The van der Waals surface area contributed by atoms with Gasteiger partial charge in [0, 0.05) is 17.7 Å². The van der Waals surface area contributed by atoms with Gasteiger partial charge in [-0.05, 0) is 19.1 Å². The lowest BCUT2D eigenvalue weighted by Gasteiger charge is -2.22. The van der Waals surface area contributed by atoms with Crippen LogP contribution in [0.4, 0.5) is 0 Å². The first-order valence-corrected chi connectivity index (χ1v) is 8.99. The Bertz CT molecular complexity index is 795. The lowest BCUT2D eigenvalue weighted by Crippen LogP contribution is -2.18. The Hall–Kier alpha value is -1.95. The van der Waals surface area contributed by atoms with E-state index in [9.17, 15) is 8.42 Å². The van der Waals surface area contributed by atoms with Gasteiger partial charge in [0.1, 0.15) is 5.75 Å². The summed E-state index contributed by atoms with van der Waals surface area (Å²) in [5, 5.41) is 0. The van der Waals surface area contributed by atoms with Crippen LogP contribution in [-0.2, 0) is 21.0 Å². The first kappa shape index (κ1) is 17.4. The topological polar surface area (TPSA) is 69.2 Å². The molecule has 2 aromatic heterocycles. The summed E-state index contributed by atoms with van der Waals surface area (Å²) in [6.07, 6.45) is 1.58. The lowest BCUT2D eigenvalue weighted by atomic mass is 9.91. The molecule has 0 aromatic carbocycles. The summed E-state index contributed by atoms with van der Waals surface area (Å²) in [5.41, 5.74) is 1.49. The fraction of sp³-hybridized carbons (Fsp3) is 0.412. The van der Waals surface area contributed by atoms with E-state index in [-0.39, 0.29) is 16.1 Å². The Labute approximate surface area is 137 Å². The molecule has 23 heavy (non-hydrogen) atoms. The van der Waals surface area contributed by atoms with Gasteiger partial charge in [-0.2, -0.15) is 0 Å². The standard InChI is InChI=1S/C17H22N2O3S/c1-12-15(10-14(22-5)16(19-12)17(2,3)4)23(20,21)11-13-8-6-7-9-18-13/h6-10H,11H2,1-5H3. The molecule has 0 unspecified atom stereocenters. The lowest BCUT2D eigenvalue weighted by molar-refractivity contribution is 0.389. The molecular formula is C17H22N2O3S. The summed E-state index contributed by atoms with van der Waals surface area (Å²) in [6.45, 7) is 7.75. The molecule has 0 aliphatic heterocycles. The fourth-order valence-electron chi connectivity index (χ4n) is 2.33. The normalized spacial score (nSPS) is 12.2. The molecular weight excluding hydrogens is 312 g/mol. The number of methoxy groups -OCH3 is 1. The average Bonchev–Trinajstić information content (AvgIpc) is 2.46. The van der Waals surface area contributed by atoms with E-state index in [0.29, 0.717) is 17.1 Å². The summed E-state index contributed by atoms with van der Waals surface area (Å²) in [6, 6.07) is 6.79. The number of aryl methyl sites for hydroxylation is 1. The molecule has 0 atom stereocenters. The van der Waals surface area contributed by atoms with Crippen LogP contribution in [0, 0.1) is 6.92 Å². The first-order valence-electron chi connectivity index (χ1n) is 7.34. The monoisotopic (exact) mass is 334 g/mol. The van der Waals surface area contributed by atoms with E-state index in [1.807, 2.05) is 20.8 Å². The molecule has 2 heterocycles. The molecule has 0 spiro atoms. The van der Waals surface area contributed by atoms with Crippen molar-refractivity contribution >= 4 is 9.84 Å². The van der Waals surface area contributed by atoms with Gasteiger partial charge in [0.05, 0.1) is 34.8 Å². The minimum Gasteiger partial charge on any atom is -0.495 e. The SMILES string of the molecule is COc1cc(S(=O)(=O)Cc2ccccn2)c(C)nc1C(C)(C)C. The third-order valence-corrected chi connectivity index (χ3v) is 5.22. The predicted molar refractivity (Wildman–Crippen MR) is 89.4 cm³/mol. The van der Waals surface area contributed by atoms with Gasteiger partial charge >= 0.3 is 0 Å². The molecule has 0 amide bonds. The molecule has 0 aliphatic rings. The third kappa shape index (κ3) is 3.88. The second-order valence-corrected chi connectivity index (χ2v) is 8.41. The number of hydrogen-bond acceptors (Lipinski definition) is 5. The average molecular weight is 334 g/mol. The Morgan fingerprint density at radius 2 is 1.91 bits per heavy atom. The molecule has 0 radical (unpaired) electrons. The maximum atomic E-state index is 12.7. The molecule has 0 fully saturated rings. The van der Waals surface area contributed by atoms with Crippen LogP contribution in [0.5, 0.6) is 5.75 Å². The maximum absolute atomic E-state index is 12.7. The van der Waals surface area contributed by atoms with Crippen molar-refractivity contribution in [2.24, 2.45) is 0 Å². The van der Waals surface area contributed by atoms with Crippen molar-refractivity contribution in [3.63, 3.8) is 0 Å². The van der Waals surface area contributed by atoms with Gasteiger partial charge < -0.3 is 4.74 Å². The highest BCUT2D eigenvalue weighted by atomic mass is 32.2. The zero-order chi connectivity index (χ0) is 17.3. The van der Waals surface area contributed by atoms with Crippen LogP contribution in [-0.4, -0.2) is 25.5 Å². The van der Waals surface area contributed by atoms with Gasteiger partial charge in [-0.15, -0.1) is 0 Å². The van der Waals surface area contributed by atoms with Crippen LogP contribution in [0.1, 0.15) is 37.9 Å². The largest absolute Gasteiger partial charge is 0.495 e. The van der Waals surface area contributed by atoms with E-state index < -0.39 is 9.84 Å². The third-order valence-electron chi connectivity index (χ3n) is 3.46. The molecule has 124 valence electrons. The van der Waals surface area contributed by atoms with Gasteiger partial charge in [0.15, 0.2) is 9.84 Å². The molecule has 5 nitrogen and oxygen atoms in total. The number of nitrogens with zero attached hydrogens (tertiary/aromatic N) is 2. The smallest absolute Gasteiger partial charge is 0.185 e. The van der Waals surface area contributed by atoms with Crippen molar-refractivity contribution in [1.82, 2.24) is 9.97 Å². The van der Waals surface area contributed by atoms with Gasteiger partial charge in [0.2, 0.25) is 0 Å². The van der Waals surface area contributed by atoms with E-state index in [1.54, 1.807) is 37.4 Å². The summed E-state index contributed by atoms with van der Waals surface area (Å²) >= 11 is 0. The van der Waals surface area contributed by atoms with Crippen molar-refractivity contribution in [2.45, 2.75) is 43.8 Å². The Balaban J connectivity index is 2.51. The van der Waals surface area contributed by atoms with Gasteiger partial charge in [-0.25, -0.2) is 8.42 Å². The molecule has 6 heteroatoms. The minimum absolute atomic E-state index is 0.158. The van der Waals surface area contributed by atoms with E-state index in [4.69, 9.17) is 4.74 Å². The summed E-state index contributed by atoms with van der Waals surface area (Å²) in [4.78, 5) is 8.77. The number of hydrogen-bond donors (Lipinski definition) is 0. The zero-order valence-electron chi connectivity index (χ0n) is 14.1. The number of pyridine rings is 2. The zero-order valence-corrected chi connectivity index (χ0v) is 14.9. The van der Waals surface area contributed by atoms with Crippen molar-refractivity contribution in [3.05, 3.63) is 47.5 Å². The van der Waals surface area contributed by atoms with Gasteiger partial charge in [-0.3, -0.25) is 9.97 Å². The van der Waals surface area contributed by atoms with Crippen LogP contribution in [0.25, 0.3) is 0 Å². The van der Waals surface area contributed by atoms with Crippen LogP contribution < -0.4 is 4.74 Å². The number of aromatic nitrogens is 2. The molecule has 0 saturated heterocycles. The minimum atomic E-state index is -3.54. The molecule has 0 saturated carbocycles. The van der Waals surface area contributed by atoms with Crippen molar-refractivity contribution < 1.29 is 13.2 Å². The summed E-state index contributed by atoms with van der Waals surface area (Å²) in [7, 11) is -2.02. The fourth-order valence-corrected chi connectivity index (χ4v) is 3.83. The molecule has 0 N–H and O–H groups in total. The van der Waals surface area contributed by atoms with Crippen LogP contribution in [0.2, 0.25) is 0 Å². The van der Waals surface area contributed by atoms with Crippen LogP contribution in [0.15, 0.2) is 35.4 Å². The summed E-state index contributed by atoms with van der Waals surface area (Å²) in [5.74, 6) is 0.330. The van der Waals surface area contributed by atoms with E-state index in [0.717, 1.165) is 5.69 Å². The van der Waals surface area contributed by atoms with Crippen molar-refractivity contribution in [3.8, 4) is 5.75 Å². The highest BCUT2D eigenvalue weighted by molar-refractivity contribution is 7.90. The molecule has 0 bridgehead atoms. The summed E-state index contributed by atoms with van der Waals surface area (Å²) < 4.78 is 30.8. The highest BCUT2D eigenvalue weighted by Crippen LogP contribution is 2.33. The Morgan fingerprint density at radius 3 is 2.43 bits per heavy atom. The van der Waals surface area contributed by atoms with Gasteiger partial charge in [0.25, 0.3) is 0 Å². The molecule has 0 aliphatic carbocycles.